The Labute approximate surface area is 125 Å². The molecule has 112 valence electrons. The van der Waals surface area contributed by atoms with E-state index in [4.69, 9.17) is 10.3 Å². The molecule has 1 aliphatic rings. The van der Waals surface area contributed by atoms with Crippen molar-refractivity contribution in [1.82, 2.24) is 4.57 Å². The fourth-order valence-corrected chi connectivity index (χ4v) is 2.75. The number of nitrogens with zero attached hydrogens (tertiary/aromatic N) is 4. The highest BCUT2D eigenvalue weighted by molar-refractivity contribution is 6.05. The Balaban J connectivity index is 2.11. The summed E-state index contributed by atoms with van der Waals surface area (Å²) >= 11 is 0. The van der Waals surface area contributed by atoms with Gasteiger partial charge in [-0.25, -0.2) is 9.18 Å². The highest BCUT2D eigenvalue weighted by Crippen LogP contribution is 2.32. The van der Waals surface area contributed by atoms with Crippen molar-refractivity contribution in [3.8, 4) is 0 Å². The first-order valence-electron chi connectivity index (χ1n) is 6.76. The predicted octanol–water partition coefficient (Wildman–Crippen LogP) is 3.88. The van der Waals surface area contributed by atoms with Crippen molar-refractivity contribution in [1.29, 1.82) is 0 Å². The molecule has 0 radical (unpaired) electrons. The topological polar surface area (TPSA) is 80.0 Å². The Morgan fingerprint density at radius 2 is 2.36 bits per heavy atom. The van der Waals surface area contributed by atoms with E-state index in [0.29, 0.717) is 23.8 Å². The maximum atomic E-state index is 13.5. The van der Waals surface area contributed by atoms with Gasteiger partial charge in [0.1, 0.15) is 5.82 Å². The second kappa shape index (κ2) is 5.54. The van der Waals surface area contributed by atoms with Crippen LogP contribution in [0.5, 0.6) is 0 Å². The van der Waals surface area contributed by atoms with Gasteiger partial charge >= 0.3 is 5.97 Å². The quantitative estimate of drug-likeness (QED) is 0.373. The van der Waals surface area contributed by atoms with Gasteiger partial charge in [-0.1, -0.05) is 11.2 Å². The van der Waals surface area contributed by atoms with Crippen LogP contribution in [0.15, 0.2) is 35.6 Å². The summed E-state index contributed by atoms with van der Waals surface area (Å²) in [7, 11) is 1.29. The maximum Gasteiger partial charge on any atom is 0.340 e. The molecule has 0 saturated heterocycles. The van der Waals surface area contributed by atoms with E-state index < -0.39 is 11.8 Å². The van der Waals surface area contributed by atoms with Crippen molar-refractivity contribution < 1.29 is 13.9 Å². The highest BCUT2D eigenvalue weighted by atomic mass is 19.1. The lowest BCUT2D eigenvalue weighted by Crippen LogP contribution is -2.01. The van der Waals surface area contributed by atoms with Crippen LogP contribution in [0.1, 0.15) is 23.2 Å². The number of ether oxygens (including phenoxy) is 1. The zero-order valence-corrected chi connectivity index (χ0v) is 11.9. The number of methoxy groups -OCH3 is 1. The summed E-state index contributed by atoms with van der Waals surface area (Å²) in [6.45, 7) is 0. The lowest BCUT2D eigenvalue weighted by Gasteiger charge is -2.07. The fraction of sp³-hybridized carbons (Fsp3) is 0.267. The third kappa shape index (κ3) is 2.31. The Morgan fingerprint density at radius 3 is 3.09 bits per heavy atom. The molecule has 0 aliphatic heterocycles. The molecular formula is C15H13FN4O2. The molecule has 0 spiro atoms. The molecule has 1 heterocycles. The molecular weight excluding hydrogens is 287 g/mol. The summed E-state index contributed by atoms with van der Waals surface area (Å²) in [6, 6.07) is 4.16. The van der Waals surface area contributed by atoms with Gasteiger partial charge in [-0.15, -0.1) is 0 Å². The van der Waals surface area contributed by atoms with Crippen LogP contribution in [0.3, 0.4) is 0 Å². The van der Waals surface area contributed by atoms with E-state index in [2.05, 4.69) is 10.0 Å². The Kier molecular flexibility index (Phi) is 3.56. The average molecular weight is 300 g/mol. The molecule has 1 aromatic heterocycles. The Hall–Kier alpha value is -2.79. The van der Waals surface area contributed by atoms with Crippen molar-refractivity contribution >= 4 is 22.6 Å². The molecule has 1 atom stereocenters. The molecule has 3 rings (SSSR count). The van der Waals surface area contributed by atoms with Gasteiger partial charge in [-0.2, -0.15) is 0 Å². The van der Waals surface area contributed by atoms with Gasteiger partial charge in [-0.3, -0.25) is 0 Å². The molecule has 22 heavy (non-hydrogen) atoms. The molecule has 2 aromatic rings. The monoisotopic (exact) mass is 300 g/mol. The first kappa shape index (κ1) is 14.2. The van der Waals surface area contributed by atoms with Gasteiger partial charge in [0.25, 0.3) is 0 Å². The molecule has 1 aromatic carbocycles. The number of carbonyl (C=O) groups is 1. The van der Waals surface area contributed by atoms with Crippen LogP contribution < -0.4 is 0 Å². The minimum atomic E-state index is -0.514. The third-order valence-electron chi connectivity index (χ3n) is 3.77. The standard InChI is InChI=1S/C15H13FN4O2/c1-22-15(21)13-8-20(11-4-3-10(7-11)18-19-17)14-5-2-9(16)6-12(13)14/h2,4-6,8,10H,3,7H2,1H3. The average Bonchev–Trinajstić information content (AvgIpc) is 3.11. The molecule has 0 N–H and O–H groups in total. The molecule has 1 unspecified atom stereocenters. The van der Waals surface area contributed by atoms with E-state index in [1.54, 1.807) is 12.3 Å². The first-order chi connectivity index (χ1) is 10.6. The van der Waals surface area contributed by atoms with Crippen LogP contribution >= 0.6 is 0 Å². The molecule has 0 bridgehead atoms. The van der Waals surface area contributed by atoms with Crippen molar-refractivity contribution in [3.05, 3.63) is 52.3 Å². The van der Waals surface area contributed by atoms with Crippen molar-refractivity contribution in [2.24, 2.45) is 5.11 Å². The number of hydrogen-bond acceptors (Lipinski definition) is 3. The molecule has 7 heteroatoms. The van der Waals surface area contributed by atoms with E-state index in [-0.39, 0.29) is 6.04 Å². The number of benzene rings is 1. The number of carbonyl (C=O) groups excluding carboxylic acids is 1. The van der Waals surface area contributed by atoms with E-state index in [1.165, 1.54) is 19.2 Å². The van der Waals surface area contributed by atoms with Crippen molar-refractivity contribution in [2.75, 3.05) is 7.11 Å². The second-order valence-electron chi connectivity index (χ2n) is 5.06. The van der Waals surface area contributed by atoms with E-state index >= 15 is 0 Å². The number of azide groups is 1. The van der Waals surface area contributed by atoms with Crippen LogP contribution in [-0.4, -0.2) is 23.7 Å². The summed E-state index contributed by atoms with van der Waals surface area (Å²) in [5, 5.41) is 4.22. The van der Waals surface area contributed by atoms with Crippen LogP contribution in [0.25, 0.3) is 27.0 Å². The summed E-state index contributed by atoms with van der Waals surface area (Å²) in [6.07, 6.45) is 4.82. The van der Waals surface area contributed by atoms with Gasteiger partial charge < -0.3 is 9.30 Å². The summed E-state index contributed by atoms with van der Waals surface area (Å²) in [5.41, 5.74) is 10.5. The fourth-order valence-electron chi connectivity index (χ4n) is 2.75. The van der Waals surface area contributed by atoms with Gasteiger partial charge in [0, 0.05) is 28.2 Å². The summed E-state index contributed by atoms with van der Waals surface area (Å²) in [4.78, 5) is 14.7. The van der Waals surface area contributed by atoms with Gasteiger partial charge in [0.15, 0.2) is 0 Å². The zero-order chi connectivity index (χ0) is 15.7. The lowest BCUT2D eigenvalue weighted by molar-refractivity contribution is 0.0603. The number of rotatable bonds is 3. The first-order valence-corrected chi connectivity index (χ1v) is 6.76. The largest absolute Gasteiger partial charge is 0.465 e. The minimum absolute atomic E-state index is 0.125. The van der Waals surface area contributed by atoms with Crippen LogP contribution in [0.4, 0.5) is 4.39 Å². The van der Waals surface area contributed by atoms with E-state index in [1.807, 2.05) is 10.6 Å². The summed E-state index contributed by atoms with van der Waals surface area (Å²) in [5.74, 6) is -0.928. The van der Waals surface area contributed by atoms with E-state index in [0.717, 1.165) is 11.2 Å². The highest BCUT2D eigenvalue weighted by Gasteiger charge is 2.22. The molecule has 0 amide bonds. The van der Waals surface area contributed by atoms with Crippen LogP contribution in [0, 0.1) is 5.82 Å². The summed E-state index contributed by atoms with van der Waals surface area (Å²) < 4.78 is 20.1. The number of halogens is 1. The molecule has 0 fully saturated rings. The maximum absolute atomic E-state index is 13.5. The third-order valence-corrected chi connectivity index (χ3v) is 3.77. The molecule has 6 nitrogen and oxygen atoms in total. The Bertz CT molecular complexity index is 833. The SMILES string of the molecule is COC(=O)c1cn(C2=CCC(N=[N+]=[N-])C2)c2ccc(F)cc12. The predicted molar refractivity (Wildman–Crippen MR) is 79.7 cm³/mol. The number of hydrogen-bond donors (Lipinski definition) is 0. The molecule has 0 saturated carbocycles. The molecule has 1 aliphatic carbocycles. The van der Waals surface area contributed by atoms with Gasteiger partial charge in [-0.05, 0) is 36.6 Å². The van der Waals surface area contributed by atoms with Gasteiger partial charge in [0.05, 0.1) is 18.2 Å². The van der Waals surface area contributed by atoms with Crippen molar-refractivity contribution in [2.45, 2.75) is 18.9 Å². The van der Waals surface area contributed by atoms with Gasteiger partial charge in [0.2, 0.25) is 0 Å². The lowest BCUT2D eigenvalue weighted by atomic mass is 10.2. The number of esters is 1. The minimum Gasteiger partial charge on any atom is -0.465 e. The zero-order valence-electron chi connectivity index (χ0n) is 11.9. The Morgan fingerprint density at radius 1 is 1.55 bits per heavy atom. The van der Waals surface area contributed by atoms with Crippen molar-refractivity contribution in [3.63, 3.8) is 0 Å². The normalized spacial score (nSPS) is 17.2. The van der Waals surface area contributed by atoms with Crippen LogP contribution in [-0.2, 0) is 4.74 Å². The smallest absolute Gasteiger partial charge is 0.340 e. The number of aromatic nitrogens is 1. The number of fused-ring (bicyclic) bond motifs is 1. The van der Waals surface area contributed by atoms with E-state index in [9.17, 15) is 9.18 Å². The second-order valence-corrected chi connectivity index (χ2v) is 5.06. The van der Waals surface area contributed by atoms with Crippen LogP contribution in [0.2, 0.25) is 0 Å².